The Kier molecular flexibility index (Phi) is 6.79. The highest BCUT2D eigenvalue weighted by atomic mass is 16.5. The third kappa shape index (κ3) is 5.71. The van der Waals surface area contributed by atoms with Crippen molar-refractivity contribution in [2.75, 3.05) is 13.1 Å². The molecule has 2 amide bonds. The monoisotopic (exact) mass is 374 g/mol. The van der Waals surface area contributed by atoms with Gasteiger partial charge in [0, 0.05) is 24.2 Å². The van der Waals surface area contributed by atoms with Crippen LogP contribution < -0.4 is 15.4 Å². The molecule has 0 bridgehead atoms. The maximum absolute atomic E-state index is 12.2. The molecule has 3 rings (SSSR count). The van der Waals surface area contributed by atoms with E-state index in [1.54, 1.807) is 24.3 Å². The smallest absolute Gasteiger partial charge is 0.251 e. The molecule has 0 fully saturated rings. The van der Waals surface area contributed by atoms with Crippen molar-refractivity contribution in [3.05, 3.63) is 102 Å². The average molecular weight is 374 g/mol. The summed E-state index contributed by atoms with van der Waals surface area (Å²) < 4.78 is 5.69. The van der Waals surface area contributed by atoms with Crippen LogP contribution in [0.5, 0.6) is 5.75 Å². The standard InChI is InChI=1S/C23H22N2O3/c26-22(19-7-3-1-4-8-19)24-15-16-25-23(27)20-13-11-18(12-14-20)17-28-21-9-5-2-6-10-21/h1-14H,15-17H2,(H,24,26)(H,25,27). The summed E-state index contributed by atoms with van der Waals surface area (Å²) >= 11 is 0. The first-order chi connectivity index (χ1) is 13.7. The largest absolute Gasteiger partial charge is 0.489 e. The minimum atomic E-state index is -0.176. The van der Waals surface area contributed by atoms with Crippen LogP contribution in [0.2, 0.25) is 0 Å². The van der Waals surface area contributed by atoms with E-state index in [1.165, 1.54) is 0 Å². The molecule has 5 heteroatoms. The van der Waals surface area contributed by atoms with E-state index in [1.807, 2.05) is 60.7 Å². The van der Waals surface area contributed by atoms with E-state index >= 15 is 0 Å². The molecule has 3 aromatic carbocycles. The zero-order valence-corrected chi connectivity index (χ0v) is 15.4. The first-order valence-corrected chi connectivity index (χ1v) is 9.10. The summed E-state index contributed by atoms with van der Waals surface area (Å²) in [6, 6.07) is 25.8. The van der Waals surface area contributed by atoms with E-state index in [0.29, 0.717) is 30.8 Å². The molecule has 3 aromatic rings. The second kappa shape index (κ2) is 9.92. The van der Waals surface area contributed by atoms with Gasteiger partial charge < -0.3 is 15.4 Å². The fraction of sp³-hybridized carbons (Fsp3) is 0.130. The maximum atomic E-state index is 12.2. The first-order valence-electron chi connectivity index (χ1n) is 9.10. The van der Waals surface area contributed by atoms with Crippen LogP contribution in [0.3, 0.4) is 0 Å². The molecule has 142 valence electrons. The van der Waals surface area contributed by atoms with E-state index in [9.17, 15) is 9.59 Å². The predicted molar refractivity (Wildman–Crippen MR) is 108 cm³/mol. The summed E-state index contributed by atoms with van der Waals surface area (Å²) in [7, 11) is 0. The van der Waals surface area contributed by atoms with Crippen molar-refractivity contribution in [3.8, 4) is 5.75 Å². The minimum Gasteiger partial charge on any atom is -0.489 e. The fourth-order valence-electron chi connectivity index (χ4n) is 2.58. The quantitative estimate of drug-likeness (QED) is 0.594. The van der Waals surface area contributed by atoms with E-state index in [2.05, 4.69) is 10.6 Å². The highest BCUT2D eigenvalue weighted by Gasteiger charge is 2.06. The van der Waals surface area contributed by atoms with Gasteiger partial charge in [0.25, 0.3) is 11.8 Å². The summed E-state index contributed by atoms with van der Waals surface area (Å²) in [4.78, 5) is 24.1. The van der Waals surface area contributed by atoms with E-state index < -0.39 is 0 Å². The van der Waals surface area contributed by atoms with E-state index in [0.717, 1.165) is 11.3 Å². The van der Waals surface area contributed by atoms with Gasteiger partial charge in [-0.15, -0.1) is 0 Å². The minimum absolute atomic E-state index is 0.155. The van der Waals surface area contributed by atoms with Gasteiger partial charge in [0.1, 0.15) is 12.4 Å². The van der Waals surface area contributed by atoms with Crippen molar-refractivity contribution in [2.45, 2.75) is 6.61 Å². The van der Waals surface area contributed by atoms with Gasteiger partial charge in [-0.3, -0.25) is 9.59 Å². The molecule has 0 unspecified atom stereocenters. The molecule has 0 heterocycles. The van der Waals surface area contributed by atoms with Gasteiger partial charge >= 0.3 is 0 Å². The van der Waals surface area contributed by atoms with Crippen LogP contribution in [0, 0.1) is 0 Å². The van der Waals surface area contributed by atoms with Gasteiger partial charge in [-0.1, -0.05) is 48.5 Å². The number of carbonyl (C=O) groups excluding carboxylic acids is 2. The van der Waals surface area contributed by atoms with Gasteiger partial charge in [-0.25, -0.2) is 0 Å². The zero-order chi connectivity index (χ0) is 19.6. The number of nitrogens with one attached hydrogen (secondary N) is 2. The SMILES string of the molecule is O=C(NCCNC(=O)c1ccc(COc2ccccc2)cc1)c1ccccc1. The molecular weight excluding hydrogens is 352 g/mol. The number of benzene rings is 3. The molecule has 0 aromatic heterocycles. The Labute approximate surface area is 164 Å². The van der Waals surface area contributed by atoms with Crippen molar-refractivity contribution < 1.29 is 14.3 Å². The Hall–Kier alpha value is -3.60. The summed E-state index contributed by atoms with van der Waals surface area (Å²) in [6.45, 7) is 1.16. The van der Waals surface area contributed by atoms with Gasteiger partial charge in [0.2, 0.25) is 0 Å². The first kappa shape index (κ1) is 19.2. The lowest BCUT2D eigenvalue weighted by Gasteiger charge is -2.09. The average Bonchev–Trinajstić information content (AvgIpc) is 2.76. The second-order valence-corrected chi connectivity index (χ2v) is 6.18. The number of hydrogen-bond acceptors (Lipinski definition) is 3. The molecule has 5 nitrogen and oxygen atoms in total. The Morgan fingerprint density at radius 2 is 1.14 bits per heavy atom. The van der Waals surface area contributed by atoms with Crippen LogP contribution in [0.1, 0.15) is 26.3 Å². The molecule has 0 saturated heterocycles. The van der Waals surface area contributed by atoms with Gasteiger partial charge in [0.15, 0.2) is 0 Å². The normalized spacial score (nSPS) is 10.1. The molecule has 0 aliphatic heterocycles. The van der Waals surface area contributed by atoms with Crippen LogP contribution in [0.4, 0.5) is 0 Å². The molecule has 0 aliphatic carbocycles. The maximum Gasteiger partial charge on any atom is 0.251 e. The van der Waals surface area contributed by atoms with Crippen LogP contribution in [-0.4, -0.2) is 24.9 Å². The molecule has 2 N–H and O–H groups in total. The molecule has 0 aliphatic rings. The molecule has 0 saturated carbocycles. The van der Waals surface area contributed by atoms with Crippen LogP contribution in [0.25, 0.3) is 0 Å². The molecule has 0 atom stereocenters. The molecular formula is C23H22N2O3. The highest BCUT2D eigenvalue weighted by Crippen LogP contribution is 2.12. The molecule has 28 heavy (non-hydrogen) atoms. The van der Waals surface area contributed by atoms with E-state index in [-0.39, 0.29) is 11.8 Å². The lowest BCUT2D eigenvalue weighted by Crippen LogP contribution is -2.34. The Balaban J connectivity index is 1.40. The predicted octanol–water partition coefficient (Wildman–Crippen LogP) is 3.43. The number of amides is 2. The number of para-hydroxylation sites is 1. The van der Waals surface area contributed by atoms with Crippen LogP contribution >= 0.6 is 0 Å². The van der Waals surface area contributed by atoms with Crippen molar-refractivity contribution in [3.63, 3.8) is 0 Å². The number of hydrogen-bond donors (Lipinski definition) is 2. The highest BCUT2D eigenvalue weighted by molar-refractivity contribution is 5.95. The number of carbonyl (C=O) groups is 2. The van der Waals surface area contributed by atoms with Crippen molar-refractivity contribution in [2.24, 2.45) is 0 Å². The summed E-state index contributed by atoms with van der Waals surface area (Å²) in [6.07, 6.45) is 0. The van der Waals surface area contributed by atoms with Crippen molar-refractivity contribution in [1.82, 2.24) is 10.6 Å². The summed E-state index contributed by atoms with van der Waals surface area (Å²) in [5.74, 6) is 0.476. The second-order valence-electron chi connectivity index (χ2n) is 6.18. The fourth-order valence-corrected chi connectivity index (χ4v) is 2.58. The van der Waals surface area contributed by atoms with Gasteiger partial charge in [-0.05, 0) is 42.0 Å². The zero-order valence-electron chi connectivity index (χ0n) is 15.4. The third-order valence-corrected chi connectivity index (χ3v) is 4.10. The van der Waals surface area contributed by atoms with Crippen molar-refractivity contribution >= 4 is 11.8 Å². The lowest BCUT2D eigenvalue weighted by molar-refractivity contribution is 0.0927. The summed E-state index contributed by atoms with van der Waals surface area (Å²) in [5, 5.41) is 5.58. The topological polar surface area (TPSA) is 67.4 Å². The third-order valence-electron chi connectivity index (χ3n) is 4.10. The lowest BCUT2D eigenvalue weighted by atomic mass is 10.1. The van der Waals surface area contributed by atoms with E-state index in [4.69, 9.17) is 4.74 Å². The van der Waals surface area contributed by atoms with Crippen molar-refractivity contribution in [1.29, 1.82) is 0 Å². The Morgan fingerprint density at radius 3 is 1.71 bits per heavy atom. The molecule has 0 radical (unpaired) electrons. The number of rotatable bonds is 8. The Bertz CT molecular complexity index is 894. The number of ether oxygens (including phenoxy) is 1. The molecule has 0 spiro atoms. The Morgan fingerprint density at radius 1 is 0.643 bits per heavy atom. The van der Waals surface area contributed by atoms with Crippen LogP contribution in [0.15, 0.2) is 84.9 Å². The van der Waals surface area contributed by atoms with Gasteiger partial charge in [0.05, 0.1) is 0 Å². The van der Waals surface area contributed by atoms with Gasteiger partial charge in [-0.2, -0.15) is 0 Å². The summed E-state index contributed by atoms with van der Waals surface area (Å²) in [5.41, 5.74) is 2.15. The van der Waals surface area contributed by atoms with Crippen LogP contribution in [-0.2, 0) is 6.61 Å².